The first-order valence-corrected chi connectivity index (χ1v) is 7.81. The van der Waals surface area contributed by atoms with Gasteiger partial charge >= 0.3 is 0 Å². The minimum absolute atomic E-state index is 0.449. The summed E-state index contributed by atoms with van der Waals surface area (Å²) in [6, 6.07) is 12.6. The standard InChI is InChI=1S/C16H17BrOS/c1-10-4-5-13(8-11(10)2)19-14-6-7-15(12(3)18)16(17)9-14/h4-9,12,18H,1-3H3/t12-/m0/s1. The Balaban J connectivity index is 2.24. The molecule has 0 aliphatic heterocycles. The summed E-state index contributed by atoms with van der Waals surface area (Å²) in [5, 5.41) is 9.62. The van der Waals surface area contributed by atoms with E-state index in [0.717, 1.165) is 10.0 Å². The predicted octanol–water partition coefficient (Wildman–Crippen LogP) is 5.27. The molecule has 19 heavy (non-hydrogen) atoms. The first-order chi connectivity index (χ1) is 8.97. The van der Waals surface area contributed by atoms with Crippen molar-refractivity contribution in [2.75, 3.05) is 0 Å². The molecule has 1 N–H and O–H groups in total. The van der Waals surface area contributed by atoms with E-state index < -0.39 is 6.10 Å². The van der Waals surface area contributed by atoms with Crippen LogP contribution in [0.25, 0.3) is 0 Å². The molecular weight excluding hydrogens is 320 g/mol. The number of benzene rings is 2. The summed E-state index contributed by atoms with van der Waals surface area (Å²) in [6.45, 7) is 6.03. The van der Waals surface area contributed by atoms with Gasteiger partial charge in [0.05, 0.1) is 6.10 Å². The first-order valence-electron chi connectivity index (χ1n) is 6.20. The van der Waals surface area contributed by atoms with E-state index in [1.54, 1.807) is 18.7 Å². The third-order valence-corrected chi connectivity index (χ3v) is 4.80. The molecule has 2 aromatic carbocycles. The Kier molecular flexibility index (Phi) is 4.71. The average molecular weight is 337 g/mol. The van der Waals surface area contributed by atoms with Gasteiger partial charge < -0.3 is 5.11 Å². The molecule has 1 atom stereocenters. The normalized spacial score (nSPS) is 12.5. The van der Waals surface area contributed by atoms with Gasteiger partial charge in [-0.3, -0.25) is 0 Å². The van der Waals surface area contributed by atoms with Crippen LogP contribution < -0.4 is 0 Å². The van der Waals surface area contributed by atoms with Crippen LogP contribution in [-0.4, -0.2) is 5.11 Å². The number of aryl methyl sites for hydroxylation is 2. The molecule has 0 radical (unpaired) electrons. The highest BCUT2D eigenvalue weighted by atomic mass is 79.9. The summed E-state index contributed by atoms with van der Waals surface area (Å²) in [4.78, 5) is 2.40. The first kappa shape index (κ1) is 14.6. The van der Waals surface area contributed by atoms with Crippen LogP contribution in [0.5, 0.6) is 0 Å². The Bertz CT molecular complexity index is 593. The maximum atomic E-state index is 9.62. The van der Waals surface area contributed by atoms with E-state index in [9.17, 15) is 5.11 Å². The number of aliphatic hydroxyl groups is 1. The van der Waals surface area contributed by atoms with Gasteiger partial charge in [0.1, 0.15) is 0 Å². The molecular formula is C16H17BrOS. The number of halogens is 1. The highest BCUT2D eigenvalue weighted by Crippen LogP contribution is 2.33. The lowest BCUT2D eigenvalue weighted by molar-refractivity contribution is 0.198. The lowest BCUT2D eigenvalue weighted by Gasteiger charge is -2.10. The monoisotopic (exact) mass is 336 g/mol. The van der Waals surface area contributed by atoms with E-state index in [1.807, 2.05) is 12.1 Å². The fraction of sp³-hybridized carbons (Fsp3) is 0.250. The smallest absolute Gasteiger partial charge is 0.0772 e. The van der Waals surface area contributed by atoms with E-state index in [-0.39, 0.29) is 0 Å². The van der Waals surface area contributed by atoms with Crippen molar-refractivity contribution >= 4 is 27.7 Å². The molecule has 0 unspecified atom stereocenters. The van der Waals surface area contributed by atoms with Crippen molar-refractivity contribution < 1.29 is 5.11 Å². The molecule has 2 rings (SSSR count). The topological polar surface area (TPSA) is 20.2 Å². The Labute approximate surface area is 127 Å². The zero-order valence-corrected chi connectivity index (χ0v) is 13.7. The fourth-order valence-electron chi connectivity index (χ4n) is 1.82. The fourth-order valence-corrected chi connectivity index (χ4v) is 3.64. The van der Waals surface area contributed by atoms with Gasteiger partial charge in [0, 0.05) is 14.3 Å². The molecule has 0 aliphatic carbocycles. The van der Waals surface area contributed by atoms with Crippen molar-refractivity contribution in [2.24, 2.45) is 0 Å². The van der Waals surface area contributed by atoms with E-state index >= 15 is 0 Å². The zero-order valence-electron chi connectivity index (χ0n) is 11.3. The van der Waals surface area contributed by atoms with Crippen LogP contribution in [0, 0.1) is 13.8 Å². The molecule has 1 nitrogen and oxygen atoms in total. The molecule has 0 spiro atoms. The largest absolute Gasteiger partial charge is 0.389 e. The molecule has 0 amide bonds. The molecule has 2 aromatic rings. The van der Waals surface area contributed by atoms with Crippen LogP contribution in [0.1, 0.15) is 29.7 Å². The quantitative estimate of drug-likeness (QED) is 0.823. The molecule has 0 heterocycles. The van der Waals surface area contributed by atoms with Gasteiger partial charge in [-0.05, 0) is 61.7 Å². The minimum atomic E-state index is -0.449. The third kappa shape index (κ3) is 3.62. The lowest BCUT2D eigenvalue weighted by Crippen LogP contribution is -1.92. The van der Waals surface area contributed by atoms with Gasteiger partial charge in [0.25, 0.3) is 0 Å². The summed E-state index contributed by atoms with van der Waals surface area (Å²) >= 11 is 5.25. The van der Waals surface area contributed by atoms with Crippen LogP contribution in [0.3, 0.4) is 0 Å². The summed E-state index contributed by atoms with van der Waals surface area (Å²) in [7, 11) is 0. The molecule has 0 aliphatic rings. The van der Waals surface area contributed by atoms with E-state index in [4.69, 9.17) is 0 Å². The van der Waals surface area contributed by atoms with Gasteiger partial charge in [0.2, 0.25) is 0 Å². The van der Waals surface area contributed by atoms with Crippen molar-refractivity contribution in [3.63, 3.8) is 0 Å². The Morgan fingerprint density at radius 1 is 1.00 bits per heavy atom. The van der Waals surface area contributed by atoms with Gasteiger partial charge in [-0.1, -0.05) is 39.8 Å². The minimum Gasteiger partial charge on any atom is -0.389 e. The molecule has 0 saturated carbocycles. The highest BCUT2D eigenvalue weighted by Gasteiger charge is 2.07. The van der Waals surface area contributed by atoms with Crippen molar-refractivity contribution in [3.05, 3.63) is 57.6 Å². The summed E-state index contributed by atoms with van der Waals surface area (Å²) in [6.07, 6.45) is -0.449. The second kappa shape index (κ2) is 6.12. The van der Waals surface area contributed by atoms with Crippen molar-refractivity contribution in [3.8, 4) is 0 Å². The van der Waals surface area contributed by atoms with Gasteiger partial charge in [0.15, 0.2) is 0 Å². The molecule has 0 bridgehead atoms. The summed E-state index contributed by atoms with van der Waals surface area (Å²) in [5.41, 5.74) is 3.55. The Morgan fingerprint density at radius 2 is 1.63 bits per heavy atom. The number of hydrogen-bond acceptors (Lipinski definition) is 2. The maximum Gasteiger partial charge on any atom is 0.0772 e. The highest BCUT2D eigenvalue weighted by molar-refractivity contribution is 9.10. The number of rotatable bonds is 3. The Morgan fingerprint density at radius 3 is 2.21 bits per heavy atom. The second-order valence-electron chi connectivity index (χ2n) is 4.71. The van der Waals surface area contributed by atoms with E-state index in [2.05, 4.69) is 54.0 Å². The second-order valence-corrected chi connectivity index (χ2v) is 6.71. The summed E-state index contributed by atoms with van der Waals surface area (Å²) in [5.74, 6) is 0. The SMILES string of the molecule is Cc1ccc(Sc2ccc([C@H](C)O)c(Br)c2)cc1C. The van der Waals surface area contributed by atoms with Crippen molar-refractivity contribution in [2.45, 2.75) is 36.7 Å². The molecule has 0 aromatic heterocycles. The summed E-state index contributed by atoms with van der Waals surface area (Å²) < 4.78 is 0.955. The third-order valence-electron chi connectivity index (χ3n) is 3.14. The lowest BCUT2D eigenvalue weighted by atomic mass is 10.1. The molecule has 0 saturated heterocycles. The van der Waals surface area contributed by atoms with Crippen molar-refractivity contribution in [1.82, 2.24) is 0 Å². The van der Waals surface area contributed by atoms with Gasteiger partial charge in [-0.25, -0.2) is 0 Å². The van der Waals surface area contributed by atoms with Crippen LogP contribution in [0.15, 0.2) is 50.7 Å². The van der Waals surface area contributed by atoms with E-state index in [1.165, 1.54) is 20.9 Å². The average Bonchev–Trinajstić information content (AvgIpc) is 2.33. The van der Waals surface area contributed by atoms with Gasteiger partial charge in [-0.15, -0.1) is 0 Å². The zero-order chi connectivity index (χ0) is 14.0. The molecule has 100 valence electrons. The van der Waals surface area contributed by atoms with Crippen molar-refractivity contribution in [1.29, 1.82) is 0 Å². The molecule has 3 heteroatoms. The predicted molar refractivity (Wildman–Crippen MR) is 84.8 cm³/mol. The van der Waals surface area contributed by atoms with E-state index in [0.29, 0.717) is 0 Å². The Hall–Kier alpha value is -0.770. The number of hydrogen-bond donors (Lipinski definition) is 1. The van der Waals surface area contributed by atoms with Crippen LogP contribution in [-0.2, 0) is 0 Å². The van der Waals surface area contributed by atoms with Gasteiger partial charge in [-0.2, -0.15) is 0 Å². The van der Waals surface area contributed by atoms with Crippen LogP contribution in [0.2, 0.25) is 0 Å². The number of aliphatic hydroxyl groups excluding tert-OH is 1. The van der Waals surface area contributed by atoms with Crippen LogP contribution in [0.4, 0.5) is 0 Å². The van der Waals surface area contributed by atoms with Crippen LogP contribution >= 0.6 is 27.7 Å². The molecule has 0 fully saturated rings. The maximum absolute atomic E-state index is 9.62.